The number of nitrogens with one attached hydrogen (secondary N) is 2. The normalized spacial score (nSPS) is 31.6. The van der Waals surface area contributed by atoms with Gasteiger partial charge in [0.15, 0.2) is 0 Å². The van der Waals surface area contributed by atoms with E-state index in [9.17, 15) is 14.7 Å². The Hall–Kier alpha value is -1.26. The fourth-order valence-electron chi connectivity index (χ4n) is 3.80. The lowest BCUT2D eigenvalue weighted by atomic mass is 9.79. The van der Waals surface area contributed by atoms with Gasteiger partial charge in [0.2, 0.25) is 0 Å². The van der Waals surface area contributed by atoms with Gasteiger partial charge in [-0.25, -0.2) is 4.79 Å². The topological polar surface area (TPSA) is 78.4 Å². The summed E-state index contributed by atoms with van der Waals surface area (Å²) < 4.78 is 0. The van der Waals surface area contributed by atoms with Crippen molar-refractivity contribution in [3.05, 3.63) is 0 Å². The summed E-state index contributed by atoms with van der Waals surface area (Å²) in [5.41, 5.74) is 0.159. The number of carboxylic acid groups (broad SMARTS) is 1. The van der Waals surface area contributed by atoms with Crippen molar-refractivity contribution in [2.45, 2.75) is 64.8 Å². The summed E-state index contributed by atoms with van der Waals surface area (Å²) in [6, 6.07) is 0.0730. The predicted molar refractivity (Wildman–Crippen MR) is 81.0 cm³/mol. The minimum Gasteiger partial charge on any atom is -0.481 e. The molecule has 3 unspecified atom stereocenters. The molecule has 3 N–H and O–H groups in total. The molecule has 2 aliphatic carbocycles. The zero-order valence-electron chi connectivity index (χ0n) is 13.2. The zero-order valence-corrected chi connectivity index (χ0v) is 13.2. The van der Waals surface area contributed by atoms with Crippen molar-refractivity contribution in [2.24, 2.45) is 17.3 Å². The van der Waals surface area contributed by atoms with Crippen molar-refractivity contribution in [1.29, 1.82) is 0 Å². The Balaban J connectivity index is 1.79. The lowest BCUT2D eigenvalue weighted by molar-refractivity contribution is -0.144. The molecule has 2 fully saturated rings. The van der Waals surface area contributed by atoms with Gasteiger partial charge < -0.3 is 15.7 Å². The van der Waals surface area contributed by atoms with Crippen LogP contribution in [0.4, 0.5) is 4.79 Å². The maximum Gasteiger partial charge on any atom is 0.315 e. The molecular weight excluding hydrogens is 268 g/mol. The summed E-state index contributed by atoms with van der Waals surface area (Å²) in [6.45, 7) is 4.84. The van der Waals surface area contributed by atoms with Crippen LogP contribution in [0.5, 0.6) is 0 Å². The van der Waals surface area contributed by atoms with Gasteiger partial charge in [-0.05, 0) is 37.0 Å². The molecule has 0 aromatic heterocycles. The molecule has 3 atom stereocenters. The van der Waals surface area contributed by atoms with Crippen molar-refractivity contribution in [1.82, 2.24) is 10.6 Å². The van der Waals surface area contributed by atoms with Gasteiger partial charge in [-0.15, -0.1) is 0 Å². The maximum absolute atomic E-state index is 12.0. The van der Waals surface area contributed by atoms with Gasteiger partial charge >= 0.3 is 12.0 Å². The molecule has 0 aromatic carbocycles. The van der Waals surface area contributed by atoms with E-state index >= 15 is 0 Å². The van der Waals surface area contributed by atoms with E-state index in [1.807, 2.05) is 0 Å². The van der Waals surface area contributed by atoms with Crippen molar-refractivity contribution in [3.8, 4) is 0 Å². The van der Waals surface area contributed by atoms with Crippen LogP contribution in [0.25, 0.3) is 0 Å². The molecule has 0 bridgehead atoms. The molecule has 0 radical (unpaired) electrons. The number of aliphatic carboxylic acids is 1. The Morgan fingerprint density at radius 1 is 1.14 bits per heavy atom. The second-order valence-corrected chi connectivity index (χ2v) is 7.28. The first kappa shape index (κ1) is 16.1. The zero-order chi connectivity index (χ0) is 15.5. The van der Waals surface area contributed by atoms with Gasteiger partial charge in [-0.1, -0.05) is 33.1 Å². The smallest absolute Gasteiger partial charge is 0.315 e. The number of carbonyl (C=O) groups excluding carboxylic acids is 1. The first-order valence-corrected chi connectivity index (χ1v) is 8.17. The Kier molecular flexibility index (Phi) is 5.12. The molecule has 5 heteroatoms. The quantitative estimate of drug-likeness (QED) is 0.746. The molecule has 21 heavy (non-hydrogen) atoms. The van der Waals surface area contributed by atoms with Crippen LogP contribution in [0, 0.1) is 17.3 Å². The highest BCUT2D eigenvalue weighted by Gasteiger charge is 2.36. The molecule has 0 aromatic rings. The molecule has 2 aliphatic rings. The summed E-state index contributed by atoms with van der Waals surface area (Å²) in [5, 5.41) is 15.2. The second kappa shape index (κ2) is 6.67. The second-order valence-electron chi connectivity index (χ2n) is 7.28. The average Bonchev–Trinajstić information content (AvgIpc) is 2.76. The van der Waals surface area contributed by atoms with Crippen molar-refractivity contribution in [2.75, 3.05) is 6.54 Å². The van der Waals surface area contributed by atoms with Crippen LogP contribution >= 0.6 is 0 Å². The third-order valence-corrected chi connectivity index (χ3v) is 5.31. The fraction of sp³-hybridized carbons (Fsp3) is 0.875. The van der Waals surface area contributed by atoms with E-state index in [4.69, 9.17) is 0 Å². The minimum atomic E-state index is -0.723. The van der Waals surface area contributed by atoms with Gasteiger partial charge in [-0.2, -0.15) is 0 Å². The van der Waals surface area contributed by atoms with E-state index in [2.05, 4.69) is 24.5 Å². The average molecular weight is 296 g/mol. The number of carboxylic acids is 1. The van der Waals surface area contributed by atoms with Crippen molar-refractivity contribution < 1.29 is 14.7 Å². The highest BCUT2D eigenvalue weighted by atomic mass is 16.4. The van der Waals surface area contributed by atoms with Gasteiger partial charge in [0.1, 0.15) is 0 Å². The van der Waals surface area contributed by atoms with E-state index in [-0.39, 0.29) is 29.3 Å². The van der Waals surface area contributed by atoms with Gasteiger partial charge in [0.25, 0.3) is 0 Å². The molecule has 0 heterocycles. The van der Waals surface area contributed by atoms with E-state index in [0.29, 0.717) is 6.54 Å². The number of rotatable bonds is 4. The van der Waals surface area contributed by atoms with Crippen LogP contribution in [0.3, 0.4) is 0 Å². The lowest BCUT2D eigenvalue weighted by Crippen LogP contribution is -2.48. The predicted octanol–water partition coefficient (Wildman–Crippen LogP) is 2.76. The van der Waals surface area contributed by atoms with E-state index in [1.165, 1.54) is 0 Å². The summed E-state index contributed by atoms with van der Waals surface area (Å²) in [5.74, 6) is -0.959. The number of amides is 2. The van der Waals surface area contributed by atoms with Crippen LogP contribution in [0.1, 0.15) is 58.8 Å². The van der Waals surface area contributed by atoms with Crippen LogP contribution in [0.2, 0.25) is 0 Å². The Bertz CT molecular complexity index is 395. The van der Waals surface area contributed by atoms with Crippen LogP contribution in [0.15, 0.2) is 0 Å². The third-order valence-electron chi connectivity index (χ3n) is 5.31. The molecule has 2 rings (SSSR count). The summed E-state index contributed by atoms with van der Waals surface area (Å²) in [7, 11) is 0. The Morgan fingerprint density at radius 2 is 1.86 bits per heavy atom. The van der Waals surface area contributed by atoms with Crippen LogP contribution in [-0.2, 0) is 4.79 Å². The molecule has 0 aliphatic heterocycles. The van der Waals surface area contributed by atoms with Crippen molar-refractivity contribution >= 4 is 12.0 Å². The van der Waals surface area contributed by atoms with E-state index in [0.717, 1.165) is 44.9 Å². The highest BCUT2D eigenvalue weighted by Crippen LogP contribution is 2.37. The monoisotopic (exact) mass is 296 g/mol. The van der Waals surface area contributed by atoms with Crippen LogP contribution in [-0.4, -0.2) is 29.7 Å². The molecule has 120 valence electrons. The molecule has 0 spiro atoms. The minimum absolute atomic E-state index is 0.0681. The summed E-state index contributed by atoms with van der Waals surface area (Å²) in [4.78, 5) is 23.3. The standard InChI is InChI=1S/C16H28N2O3/c1-16(2)9-5-8-13(16)18-15(21)17-10-11-6-3-4-7-12(11)14(19)20/h11-13H,3-10H2,1-2H3,(H,19,20)(H2,17,18,21). The van der Waals surface area contributed by atoms with E-state index in [1.54, 1.807) is 0 Å². The SMILES string of the molecule is CC1(C)CCCC1NC(=O)NCC1CCCCC1C(=O)O. The number of carbonyl (C=O) groups is 2. The number of hydrogen-bond acceptors (Lipinski definition) is 2. The van der Waals surface area contributed by atoms with Gasteiger partial charge in [-0.3, -0.25) is 4.79 Å². The number of hydrogen-bond donors (Lipinski definition) is 3. The Labute approximate surface area is 126 Å². The van der Waals surface area contributed by atoms with E-state index < -0.39 is 5.97 Å². The number of urea groups is 1. The van der Waals surface area contributed by atoms with Crippen molar-refractivity contribution in [3.63, 3.8) is 0 Å². The summed E-state index contributed by atoms with van der Waals surface area (Å²) >= 11 is 0. The highest BCUT2D eigenvalue weighted by molar-refractivity contribution is 5.74. The molecule has 5 nitrogen and oxygen atoms in total. The fourth-order valence-corrected chi connectivity index (χ4v) is 3.80. The van der Waals surface area contributed by atoms with Crippen LogP contribution < -0.4 is 10.6 Å². The molecule has 2 amide bonds. The lowest BCUT2D eigenvalue weighted by Gasteiger charge is -2.30. The molecular formula is C16H28N2O3. The maximum atomic E-state index is 12.0. The first-order chi connectivity index (χ1) is 9.90. The first-order valence-electron chi connectivity index (χ1n) is 8.17. The third kappa shape index (κ3) is 4.11. The van der Waals surface area contributed by atoms with Gasteiger partial charge in [0.05, 0.1) is 5.92 Å². The molecule has 2 saturated carbocycles. The molecule has 0 saturated heterocycles. The van der Waals surface area contributed by atoms with Gasteiger partial charge in [0, 0.05) is 12.6 Å². The Morgan fingerprint density at radius 3 is 2.48 bits per heavy atom. The summed E-state index contributed by atoms with van der Waals surface area (Å²) in [6.07, 6.45) is 7.00. The largest absolute Gasteiger partial charge is 0.481 e.